The molecule has 0 fully saturated rings. The van der Waals surface area contributed by atoms with Crippen LogP contribution in [0.5, 0.6) is 5.75 Å². The third kappa shape index (κ3) is 6.22. The lowest BCUT2D eigenvalue weighted by molar-refractivity contribution is -0.129. The number of nitrogens with one attached hydrogen (secondary N) is 2. The summed E-state index contributed by atoms with van der Waals surface area (Å²) in [5.74, 6) is 0.627. The summed E-state index contributed by atoms with van der Waals surface area (Å²) < 4.78 is 5.05. The highest BCUT2D eigenvalue weighted by molar-refractivity contribution is 5.96. The summed E-state index contributed by atoms with van der Waals surface area (Å²) in [5, 5.41) is 5.42. The fraction of sp³-hybridized carbons (Fsp3) is 0.467. The minimum atomic E-state index is -0.276. The van der Waals surface area contributed by atoms with Crippen LogP contribution in [-0.2, 0) is 16.1 Å². The van der Waals surface area contributed by atoms with Crippen molar-refractivity contribution in [3.8, 4) is 5.75 Å². The van der Waals surface area contributed by atoms with E-state index in [1.165, 1.54) is 0 Å². The molecule has 2 amide bonds. The van der Waals surface area contributed by atoms with E-state index in [1.54, 1.807) is 7.11 Å². The van der Waals surface area contributed by atoms with Crippen LogP contribution in [0.25, 0.3) is 0 Å². The lowest BCUT2D eigenvalue weighted by atomic mass is 10.2. The first-order chi connectivity index (χ1) is 9.51. The Morgan fingerprint density at radius 1 is 1.10 bits per heavy atom. The molecule has 0 atom stereocenters. The Bertz CT molecular complexity index is 441. The molecule has 2 N–H and O–H groups in total. The second-order valence-corrected chi connectivity index (χ2v) is 5.00. The Kier molecular flexibility index (Phi) is 6.56. The molecule has 5 heteroatoms. The predicted molar refractivity (Wildman–Crippen MR) is 77.3 cm³/mol. The number of benzene rings is 1. The fourth-order valence-electron chi connectivity index (χ4n) is 1.53. The second-order valence-electron chi connectivity index (χ2n) is 5.00. The molecular weight excluding hydrogens is 256 g/mol. The molecule has 0 saturated carbocycles. The van der Waals surface area contributed by atoms with E-state index in [2.05, 4.69) is 10.6 Å². The first kappa shape index (κ1) is 16.0. The zero-order chi connectivity index (χ0) is 15.0. The molecule has 1 aromatic carbocycles. The van der Waals surface area contributed by atoms with Crippen LogP contribution in [0.15, 0.2) is 24.3 Å². The Morgan fingerprint density at radius 3 is 2.25 bits per heavy atom. The molecule has 1 rings (SSSR count). The van der Waals surface area contributed by atoms with E-state index >= 15 is 0 Å². The highest BCUT2D eigenvalue weighted by Gasteiger charge is 2.09. The Labute approximate surface area is 119 Å². The van der Waals surface area contributed by atoms with Gasteiger partial charge in [-0.15, -0.1) is 0 Å². The number of amides is 2. The van der Waals surface area contributed by atoms with Gasteiger partial charge in [-0.2, -0.15) is 0 Å². The minimum Gasteiger partial charge on any atom is -0.497 e. The van der Waals surface area contributed by atoms with Gasteiger partial charge in [-0.05, 0) is 23.6 Å². The number of hydrogen-bond acceptors (Lipinski definition) is 3. The van der Waals surface area contributed by atoms with Crippen LogP contribution >= 0.6 is 0 Å². The van der Waals surface area contributed by atoms with Gasteiger partial charge < -0.3 is 15.4 Å². The second kappa shape index (κ2) is 8.19. The molecular formula is C15H22N2O3. The molecule has 1 aromatic rings. The molecule has 110 valence electrons. The van der Waals surface area contributed by atoms with E-state index in [9.17, 15) is 9.59 Å². The van der Waals surface area contributed by atoms with Crippen LogP contribution in [-0.4, -0.2) is 25.5 Å². The molecule has 0 spiro atoms. The Balaban J connectivity index is 2.30. The zero-order valence-electron chi connectivity index (χ0n) is 12.2. The maximum Gasteiger partial charge on any atom is 0.229 e. The molecule has 5 nitrogen and oxygen atoms in total. The van der Waals surface area contributed by atoms with Gasteiger partial charge in [-0.1, -0.05) is 26.0 Å². The number of hydrogen-bond donors (Lipinski definition) is 2. The summed E-state index contributed by atoms with van der Waals surface area (Å²) >= 11 is 0. The van der Waals surface area contributed by atoms with Gasteiger partial charge in [0.25, 0.3) is 0 Å². The average molecular weight is 278 g/mol. The van der Waals surface area contributed by atoms with E-state index in [-0.39, 0.29) is 18.2 Å². The smallest absolute Gasteiger partial charge is 0.229 e. The average Bonchev–Trinajstić information content (AvgIpc) is 2.43. The van der Waals surface area contributed by atoms with Crippen molar-refractivity contribution in [2.75, 3.05) is 13.7 Å². The zero-order valence-corrected chi connectivity index (χ0v) is 12.2. The highest BCUT2D eigenvalue weighted by Crippen LogP contribution is 2.10. The maximum atomic E-state index is 11.6. The molecule has 0 heterocycles. The van der Waals surface area contributed by atoms with Gasteiger partial charge in [-0.25, -0.2) is 0 Å². The van der Waals surface area contributed by atoms with Crippen LogP contribution < -0.4 is 15.4 Å². The summed E-state index contributed by atoms with van der Waals surface area (Å²) in [6, 6.07) is 7.41. The van der Waals surface area contributed by atoms with Crippen LogP contribution in [0.1, 0.15) is 25.8 Å². The normalized spacial score (nSPS) is 10.2. The van der Waals surface area contributed by atoms with E-state index in [0.717, 1.165) is 11.3 Å². The maximum absolute atomic E-state index is 11.6. The van der Waals surface area contributed by atoms with Crippen molar-refractivity contribution in [2.45, 2.75) is 26.8 Å². The van der Waals surface area contributed by atoms with Gasteiger partial charge in [0.15, 0.2) is 0 Å². The predicted octanol–water partition coefficient (Wildman–Crippen LogP) is 1.47. The third-order valence-corrected chi connectivity index (χ3v) is 2.68. The van der Waals surface area contributed by atoms with Crippen LogP contribution in [0.4, 0.5) is 0 Å². The van der Waals surface area contributed by atoms with Gasteiger partial charge in [0.05, 0.1) is 7.11 Å². The number of rotatable bonds is 7. The largest absolute Gasteiger partial charge is 0.497 e. The Morgan fingerprint density at radius 2 is 1.70 bits per heavy atom. The quantitative estimate of drug-likeness (QED) is 0.742. The van der Waals surface area contributed by atoms with Gasteiger partial charge in [0.2, 0.25) is 11.8 Å². The van der Waals surface area contributed by atoms with Crippen molar-refractivity contribution in [1.29, 1.82) is 0 Å². The van der Waals surface area contributed by atoms with Crippen LogP contribution in [0, 0.1) is 5.92 Å². The summed E-state index contributed by atoms with van der Waals surface area (Å²) in [6.45, 7) is 5.00. The van der Waals surface area contributed by atoms with Crippen molar-refractivity contribution >= 4 is 11.8 Å². The van der Waals surface area contributed by atoms with E-state index in [4.69, 9.17) is 4.74 Å². The van der Waals surface area contributed by atoms with Crippen molar-refractivity contribution in [3.63, 3.8) is 0 Å². The van der Waals surface area contributed by atoms with Crippen molar-refractivity contribution < 1.29 is 14.3 Å². The summed E-state index contributed by atoms with van der Waals surface area (Å²) in [6.07, 6.45) is -0.136. The SMILES string of the molecule is COc1ccc(CNC(=O)CC(=O)NCC(C)C)cc1. The number of methoxy groups -OCH3 is 1. The number of carbonyl (C=O) groups is 2. The first-order valence-corrected chi connectivity index (χ1v) is 6.67. The molecule has 0 aliphatic rings. The van der Waals surface area contributed by atoms with Crippen molar-refractivity contribution in [3.05, 3.63) is 29.8 Å². The summed E-state index contributed by atoms with van der Waals surface area (Å²) in [7, 11) is 1.60. The van der Waals surface area contributed by atoms with Gasteiger partial charge >= 0.3 is 0 Å². The van der Waals surface area contributed by atoms with Gasteiger partial charge in [0, 0.05) is 13.1 Å². The first-order valence-electron chi connectivity index (χ1n) is 6.67. The monoisotopic (exact) mass is 278 g/mol. The molecule has 0 saturated heterocycles. The molecule has 0 aliphatic heterocycles. The fourth-order valence-corrected chi connectivity index (χ4v) is 1.53. The molecule has 0 radical (unpaired) electrons. The van der Waals surface area contributed by atoms with Crippen LogP contribution in [0.2, 0.25) is 0 Å². The van der Waals surface area contributed by atoms with Crippen molar-refractivity contribution in [1.82, 2.24) is 10.6 Å². The molecule has 0 aliphatic carbocycles. The lowest BCUT2D eigenvalue weighted by Gasteiger charge is -2.08. The van der Waals surface area contributed by atoms with E-state index < -0.39 is 0 Å². The van der Waals surface area contributed by atoms with Gasteiger partial charge in [0.1, 0.15) is 12.2 Å². The van der Waals surface area contributed by atoms with Gasteiger partial charge in [-0.3, -0.25) is 9.59 Å². The number of ether oxygens (including phenoxy) is 1. The summed E-state index contributed by atoms with van der Waals surface area (Å²) in [4.78, 5) is 23.1. The highest BCUT2D eigenvalue weighted by atomic mass is 16.5. The standard InChI is InChI=1S/C15H22N2O3/c1-11(2)9-16-14(18)8-15(19)17-10-12-4-6-13(20-3)7-5-12/h4-7,11H,8-10H2,1-3H3,(H,16,18)(H,17,19). The minimum absolute atomic E-state index is 0.136. The third-order valence-electron chi connectivity index (χ3n) is 2.68. The number of carbonyl (C=O) groups excluding carboxylic acids is 2. The molecule has 0 aromatic heterocycles. The topological polar surface area (TPSA) is 67.4 Å². The van der Waals surface area contributed by atoms with Crippen LogP contribution in [0.3, 0.4) is 0 Å². The molecule has 0 bridgehead atoms. The summed E-state index contributed by atoms with van der Waals surface area (Å²) in [5.41, 5.74) is 0.960. The Hall–Kier alpha value is -2.04. The van der Waals surface area contributed by atoms with E-state index in [0.29, 0.717) is 19.0 Å². The van der Waals surface area contributed by atoms with Crippen molar-refractivity contribution in [2.24, 2.45) is 5.92 Å². The lowest BCUT2D eigenvalue weighted by Crippen LogP contribution is -2.33. The molecule has 0 unspecified atom stereocenters. The van der Waals surface area contributed by atoms with E-state index in [1.807, 2.05) is 38.1 Å². The molecule has 20 heavy (non-hydrogen) atoms.